The summed E-state index contributed by atoms with van der Waals surface area (Å²) < 4.78 is 6.90. The van der Waals surface area contributed by atoms with Crippen LogP contribution in [0.15, 0.2) is 77.4 Å². The second-order valence-electron chi connectivity index (χ2n) is 7.20. The summed E-state index contributed by atoms with van der Waals surface area (Å²) in [7, 11) is 0. The molecule has 154 valence electrons. The van der Waals surface area contributed by atoms with Crippen molar-refractivity contribution in [2.24, 2.45) is 0 Å². The van der Waals surface area contributed by atoms with Crippen molar-refractivity contribution in [1.29, 1.82) is 0 Å². The summed E-state index contributed by atoms with van der Waals surface area (Å²) in [6, 6.07) is 18.8. The molecule has 0 unspecified atom stereocenters. The van der Waals surface area contributed by atoms with Crippen molar-refractivity contribution in [1.82, 2.24) is 14.8 Å². The van der Waals surface area contributed by atoms with Gasteiger partial charge in [-0.15, -0.1) is 5.10 Å². The second kappa shape index (κ2) is 7.77. The molecule has 1 aliphatic heterocycles. The van der Waals surface area contributed by atoms with E-state index in [9.17, 15) is 4.79 Å². The number of carbonyl (C=O) groups excluding carboxylic acids is 1. The molecule has 1 aliphatic rings. The van der Waals surface area contributed by atoms with Crippen molar-refractivity contribution in [2.45, 2.75) is 13.0 Å². The first-order chi connectivity index (χ1) is 15.1. The fourth-order valence-corrected chi connectivity index (χ4v) is 3.54. The molecule has 5 rings (SSSR count). The first-order valence-corrected chi connectivity index (χ1v) is 10.1. The molecule has 1 amide bonds. The van der Waals surface area contributed by atoms with Gasteiger partial charge in [0.1, 0.15) is 6.04 Å². The number of anilines is 2. The summed E-state index contributed by atoms with van der Waals surface area (Å²) in [6.07, 6.45) is 3.52. The molecule has 31 heavy (non-hydrogen) atoms. The van der Waals surface area contributed by atoms with Crippen molar-refractivity contribution in [3.8, 4) is 0 Å². The van der Waals surface area contributed by atoms with E-state index >= 15 is 0 Å². The largest absolute Gasteiger partial charge is 0.459 e. The van der Waals surface area contributed by atoms with Gasteiger partial charge < -0.3 is 9.73 Å². The first-order valence-electron chi connectivity index (χ1n) is 9.69. The molecule has 4 aromatic rings. The average Bonchev–Trinajstić information content (AvgIpc) is 3.44. The summed E-state index contributed by atoms with van der Waals surface area (Å²) in [5.41, 5.74) is 4.07. The Morgan fingerprint density at radius 2 is 1.90 bits per heavy atom. The summed E-state index contributed by atoms with van der Waals surface area (Å²) >= 11 is 6.05. The number of fused-ring (bicyclic) bond motifs is 1. The number of aromatic nitrogens is 3. The molecule has 2 aromatic heterocycles. The van der Waals surface area contributed by atoms with Crippen LogP contribution in [0.2, 0.25) is 5.02 Å². The number of rotatable bonds is 4. The predicted octanol–water partition coefficient (Wildman–Crippen LogP) is 5.14. The quantitative estimate of drug-likeness (QED) is 0.467. The van der Waals surface area contributed by atoms with Crippen molar-refractivity contribution < 1.29 is 9.21 Å². The normalized spacial score (nSPS) is 15.0. The molecule has 0 saturated carbocycles. The zero-order valence-corrected chi connectivity index (χ0v) is 17.3. The number of nitrogens with zero attached hydrogens (tertiary/aromatic N) is 3. The molecule has 0 bridgehead atoms. The fraction of sp³-hybridized carbons (Fsp3) is 0.0870. The minimum Gasteiger partial charge on any atom is -0.459 e. The standard InChI is InChI=1S/C23H18ClN5O2/c1-14-4-6-16(7-5-14)19-13-18(15-8-10-17(24)11-9-15)25-23-27-22(28-29(19)23)26-21(30)20-3-2-12-31-20/h2-13,19H,1H3,(H2,25,26,27,28,30)/t19-/m1/s1. The number of allylic oxidation sites excluding steroid dienone is 1. The maximum absolute atomic E-state index is 12.4. The second-order valence-corrected chi connectivity index (χ2v) is 7.64. The van der Waals surface area contributed by atoms with Crippen molar-refractivity contribution in [3.05, 3.63) is 100 Å². The van der Waals surface area contributed by atoms with Gasteiger partial charge in [0.05, 0.1) is 6.26 Å². The highest BCUT2D eigenvalue weighted by Crippen LogP contribution is 2.33. The number of furan rings is 1. The van der Waals surface area contributed by atoms with Crippen LogP contribution in [0.4, 0.5) is 11.9 Å². The minimum absolute atomic E-state index is 0.187. The molecule has 0 radical (unpaired) electrons. The Bertz CT molecular complexity index is 1260. The Kier molecular flexibility index (Phi) is 4.80. The number of amides is 1. The first kappa shape index (κ1) is 19.1. The zero-order chi connectivity index (χ0) is 21.4. The third kappa shape index (κ3) is 3.83. The van der Waals surface area contributed by atoms with E-state index in [0.29, 0.717) is 11.0 Å². The molecule has 0 fully saturated rings. The Hall–Kier alpha value is -3.84. The van der Waals surface area contributed by atoms with Crippen LogP contribution >= 0.6 is 11.6 Å². The van der Waals surface area contributed by atoms with Gasteiger partial charge in [-0.05, 0) is 48.4 Å². The highest BCUT2D eigenvalue weighted by atomic mass is 35.5. The van der Waals surface area contributed by atoms with E-state index in [1.807, 2.05) is 31.2 Å². The van der Waals surface area contributed by atoms with Gasteiger partial charge in [0, 0.05) is 10.7 Å². The molecular weight excluding hydrogens is 414 g/mol. The molecule has 0 aliphatic carbocycles. The van der Waals surface area contributed by atoms with Crippen LogP contribution < -0.4 is 10.6 Å². The van der Waals surface area contributed by atoms with Gasteiger partial charge in [-0.1, -0.05) is 53.6 Å². The van der Waals surface area contributed by atoms with Crippen molar-refractivity contribution >= 4 is 35.1 Å². The van der Waals surface area contributed by atoms with Crippen LogP contribution in [0.5, 0.6) is 0 Å². The van der Waals surface area contributed by atoms with Gasteiger partial charge in [0.25, 0.3) is 11.9 Å². The number of carbonyl (C=O) groups is 1. The van der Waals surface area contributed by atoms with E-state index in [1.54, 1.807) is 16.8 Å². The number of nitrogens with one attached hydrogen (secondary N) is 2. The van der Waals surface area contributed by atoms with Crippen molar-refractivity contribution in [2.75, 3.05) is 10.6 Å². The van der Waals surface area contributed by atoms with Crippen LogP contribution in [0.1, 0.15) is 33.3 Å². The molecule has 2 N–H and O–H groups in total. The third-order valence-electron chi connectivity index (χ3n) is 5.01. The van der Waals surface area contributed by atoms with E-state index in [-0.39, 0.29) is 17.8 Å². The van der Waals surface area contributed by atoms with E-state index in [2.05, 4.69) is 51.1 Å². The van der Waals surface area contributed by atoms with Gasteiger partial charge in [-0.3, -0.25) is 10.1 Å². The predicted molar refractivity (Wildman–Crippen MR) is 119 cm³/mol. The SMILES string of the molecule is Cc1ccc([C@H]2C=C(c3ccc(Cl)cc3)Nc3nc(NC(=O)c4ccco4)nn32)cc1. The average molecular weight is 432 g/mol. The lowest BCUT2D eigenvalue weighted by atomic mass is 10.0. The lowest BCUT2D eigenvalue weighted by Crippen LogP contribution is -2.20. The van der Waals surface area contributed by atoms with E-state index in [4.69, 9.17) is 16.0 Å². The minimum atomic E-state index is -0.411. The van der Waals surface area contributed by atoms with Crippen molar-refractivity contribution in [3.63, 3.8) is 0 Å². The van der Waals surface area contributed by atoms with Crippen LogP contribution in [0.25, 0.3) is 5.70 Å². The highest BCUT2D eigenvalue weighted by molar-refractivity contribution is 6.30. The highest BCUT2D eigenvalue weighted by Gasteiger charge is 2.26. The van der Waals surface area contributed by atoms with Gasteiger partial charge in [0.2, 0.25) is 5.95 Å². The topological polar surface area (TPSA) is 85.0 Å². The number of hydrogen-bond donors (Lipinski definition) is 2. The molecule has 0 spiro atoms. The maximum Gasteiger partial charge on any atom is 0.293 e. The molecule has 8 heteroatoms. The Morgan fingerprint density at radius 1 is 1.13 bits per heavy atom. The van der Waals surface area contributed by atoms with Crippen LogP contribution in [0.3, 0.4) is 0 Å². The number of halogens is 1. The lowest BCUT2D eigenvalue weighted by Gasteiger charge is -2.24. The van der Waals surface area contributed by atoms with E-state index < -0.39 is 5.91 Å². The molecule has 7 nitrogen and oxygen atoms in total. The number of hydrogen-bond acceptors (Lipinski definition) is 5. The summed E-state index contributed by atoms with van der Waals surface area (Å²) in [4.78, 5) is 16.8. The summed E-state index contributed by atoms with van der Waals surface area (Å²) in [5.74, 6) is 0.487. The Morgan fingerprint density at radius 3 is 2.61 bits per heavy atom. The van der Waals surface area contributed by atoms with Crippen LogP contribution in [-0.4, -0.2) is 20.7 Å². The van der Waals surface area contributed by atoms with Gasteiger partial charge in [-0.2, -0.15) is 4.98 Å². The number of aryl methyl sites for hydroxylation is 1. The molecule has 1 atom stereocenters. The number of benzene rings is 2. The summed E-state index contributed by atoms with van der Waals surface area (Å²) in [5, 5.41) is 11.2. The summed E-state index contributed by atoms with van der Waals surface area (Å²) in [6.45, 7) is 2.05. The van der Waals surface area contributed by atoms with Gasteiger partial charge in [0.15, 0.2) is 5.76 Å². The third-order valence-corrected chi connectivity index (χ3v) is 5.26. The molecule has 0 saturated heterocycles. The van der Waals surface area contributed by atoms with Gasteiger partial charge >= 0.3 is 0 Å². The van der Waals surface area contributed by atoms with Crippen LogP contribution in [-0.2, 0) is 0 Å². The lowest BCUT2D eigenvalue weighted by molar-refractivity contribution is 0.0996. The fourth-order valence-electron chi connectivity index (χ4n) is 3.42. The maximum atomic E-state index is 12.4. The van der Waals surface area contributed by atoms with E-state index in [1.165, 1.54) is 11.8 Å². The molecular formula is C23H18ClN5O2. The Labute approximate surface area is 183 Å². The zero-order valence-electron chi connectivity index (χ0n) is 16.5. The molecule has 3 heterocycles. The van der Waals surface area contributed by atoms with E-state index in [0.717, 1.165) is 16.8 Å². The smallest absolute Gasteiger partial charge is 0.293 e. The Balaban J connectivity index is 1.53. The monoisotopic (exact) mass is 431 g/mol. The van der Waals surface area contributed by atoms with Gasteiger partial charge in [-0.25, -0.2) is 4.68 Å². The van der Waals surface area contributed by atoms with Crippen LogP contribution in [0, 0.1) is 6.92 Å². The molecule has 2 aromatic carbocycles.